The molecule has 0 spiro atoms. The fourth-order valence-electron chi connectivity index (χ4n) is 2.22. The molecule has 0 radical (unpaired) electrons. The van der Waals surface area contributed by atoms with Crippen molar-refractivity contribution in [2.24, 2.45) is 0 Å². The van der Waals surface area contributed by atoms with Crippen LogP contribution in [0.25, 0.3) is 0 Å². The number of nitrogens with zero attached hydrogens (tertiary/aromatic N) is 1. The van der Waals surface area contributed by atoms with E-state index in [0.29, 0.717) is 22.3 Å². The third-order valence-electron chi connectivity index (χ3n) is 3.35. The monoisotopic (exact) mass is 332 g/mol. The van der Waals surface area contributed by atoms with Crippen LogP contribution in [0, 0.1) is 20.8 Å². The van der Waals surface area contributed by atoms with Crippen LogP contribution in [-0.4, -0.2) is 23.5 Å². The number of thiazole rings is 1. The zero-order chi connectivity index (χ0) is 17.0. The van der Waals surface area contributed by atoms with E-state index in [4.69, 9.17) is 4.74 Å². The summed E-state index contributed by atoms with van der Waals surface area (Å²) in [6.45, 7) is 7.79. The van der Waals surface area contributed by atoms with Gasteiger partial charge in [0.1, 0.15) is 4.88 Å². The lowest BCUT2D eigenvalue weighted by atomic mass is 10.0. The first kappa shape index (κ1) is 17.1. The van der Waals surface area contributed by atoms with Crippen molar-refractivity contribution in [3.63, 3.8) is 0 Å². The normalized spacial score (nSPS) is 10.4. The minimum absolute atomic E-state index is 0.152. The van der Waals surface area contributed by atoms with Gasteiger partial charge in [0.15, 0.2) is 5.13 Å². The first-order valence-electron chi connectivity index (χ1n) is 7.41. The molecule has 122 valence electrons. The van der Waals surface area contributed by atoms with Crippen molar-refractivity contribution in [2.45, 2.75) is 34.1 Å². The van der Waals surface area contributed by atoms with Gasteiger partial charge in [-0.2, -0.15) is 0 Å². The maximum absolute atomic E-state index is 12.2. The second-order valence-electron chi connectivity index (χ2n) is 5.31. The van der Waals surface area contributed by atoms with Crippen molar-refractivity contribution >= 4 is 28.3 Å². The van der Waals surface area contributed by atoms with Gasteiger partial charge in [-0.15, -0.1) is 0 Å². The maximum Gasteiger partial charge on any atom is 0.350 e. The van der Waals surface area contributed by atoms with Crippen molar-refractivity contribution in [1.82, 2.24) is 4.98 Å². The summed E-state index contributed by atoms with van der Waals surface area (Å²) in [6.07, 6.45) is 0.277. The zero-order valence-corrected chi connectivity index (χ0v) is 14.5. The van der Waals surface area contributed by atoms with E-state index >= 15 is 0 Å². The minimum atomic E-state index is -0.405. The van der Waals surface area contributed by atoms with Crippen LogP contribution >= 0.6 is 11.3 Å². The van der Waals surface area contributed by atoms with Gasteiger partial charge in [-0.05, 0) is 38.8 Å². The van der Waals surface area contributed by atoms with Crippen LogP contribution in [0.1, 0.15) is 39.0 Å². The maximum atomic E-state index is 12.2. The van der Waals surface area contributed by atoms with Crippen molar-refractivity contribution < 1.29 is 14.3 Å². The van der Waals surface area contributed by atoms with Gasteiger partial charge in [-0.1, -0.05) is 35.1 Å². The molecule has 1 heterocycles. The fraction of sp³-hybridized carbons (Fsp3) is 0.353. The van der Waals surface area contributed by atoms with Gasteiger partial charge in [-0.25, -0.2) is 9.78 Å². The molecule has 0 aliphatic heterocycles. The molecule has 0 atom stereocenters. The molecule has 2 aromatic rings. The molecule has 0 saturated heterocycles. The van der Waals surface area contributed by atoms with Crippen LogP contribution in [0.4, 0.5) is 5.13 Å². The number of ether oxygens (including phenoxy) is 1. The average Bonchev–Trinajstić information content (AvgIpc) is 2.83. The molecule has 1 aromatic heterocycles. The fourth-order valence-corrected chi connectivity index (χ4v) is 3.09. The van der Waals surface area contributed by atoms with Gasteiger partial charge < -0.3 is 10.1 Å². The van der Waals surface area contributed by atoms with Crippen LogP contribution in [0.5, 0.6) is 0 Å². The summed E-state index contributed by atoms with van der Waals surface area (Å²) >= 11 is 1.14. The molecule has 5 nitrogen and oxygen atoms in total. The van der Waals surface area contributed by atoms with E-state index in [0.717, 1.165) is 22.5 Å². The smallest absolute Gasteiger partial charge is 0.350 e. The standard InChI is InChI=1S/C17H20N2O3S/c1-5-22-16(21)15-12(4)18-17(23-15)19-14(20)9-13-7-6-10(2)8-11(13)3/h6-8H,5,9H2,1-4H3,(H,18,19,20). The highest BCUT2D eigenvalue weighted by Gasteiger charge is 2.17. The molecule has 0 bridgehead atoms. The van der Waals surface area contributed by atoms with Gasteiger partial charge in [0, 0.05) is 0 Å². The predicted octanol–water partition coefficient (Wildman–Crippen LogP) is 3.43. The Bertz CT molecular complexity index is 737. The second-order valence-corrected chi connectivity index (χ2v) is 6.31. The molecule has 1 N–H and O–H groups in total. The number of esters is 1. The van der Waals surface area contributed by atoms with Gasteiger partial charge >= 0.3 is 5.97 Å². The lowest BCUT2D eigenvalue weighted by Gasteiger charge is -2.06. The van der Waals surface area contributed by atoms with Gasteiger partial charge in [-0.3, -0.25) is 4.79 Å². The first-order chi connectivity index (χ1) is 10.9. The third kappa shape index (κ3) is 4.39. The lowest BCUT2D eigenvalue weighted by Crippen LogP contribution is -2.14. The topological polar surface area (TPSA) is 68.3 Å². The Balaban J connectivity index is 2.06. The van der Waals surface area contributed by atoms with Gasteiger partial charge in [0.2, 0.25) is 5.91 Å². The van der Waals surface area contributed by atoms with Gasteiger partial charge in [0.05, 0.1) is 18.7 Å². The molecular weight excluding hydrogens is 312 g/mol. The van der Waals surface area contributed by atoms with Crippen LogP contribution < -0.4 is 5.32 Å². The summed E-state index contributed by atoms with van der Waals surface area (Å²) in [7, 11) is 0. The Morgan fingerprint density at radius 3 is 2.65 bits per heavy atom. The molecule has 6 heteroatoms. The molecular formula is C17H20N2O3S. The summed E-state index contributed by atoms with van der Waals surface area (Å²) in [6, 6.07) is 6.00. The molecule has 2 rings (SSSR count). The summed E-state index contributed by atoms with van der Waals surface area (Å²) in [5.74, 6) is -0.557. The Kier molecular flexibility index (Phi) is 5.50. The van der Waals surface area contributed by atoms with Crippen molar-refractivity contribution in [3.8, 4) is 0 Å². The number of hydrogen-bond donors (Lipinski definition) is 1. The highest BCUT2D eigenvalue weighted by atomic mass is 32.1. The SMILES string of the molecule is CCOC(=O)c1sc(NC(=O)Cc2ccc(C)cc2C)nc1C. The minimum Gasteiger partial charge on any atom is -0.462 e. The molecule has 0 aliphatic rings. The highest BCUT2D eigenvalue weighted by molar-refractivity contribution is 7.17. The zero-order valence-electron chi connectivity index (χ0n) is 13.7. The number of anilines is 1. The number of rotatable bonds is 5. The summed E-state index contributed by atoms with van der Waals surface area (Å²) < 4.78 is 4.97. The number of hydrogen-bond acceptors (Lipinski definition) is 5. The van der Waals surface area contributed by atoms with E-state index < -0.39 is 5.97 Å². The van der Waals surface area contributed by atoms with E-state index in [1.807, 2.05) is 26.0 Å². The van der Waals surface area contributed by atoms with Crippen molar-refractivity contribution in [3.05, 3.63) is 45.5 Å². The molecule has 23 heavy (non-hydrogen) atoms. The number of carbonyl (C=O) groups excluding carboxylic acids is 2. The summed E-state index contributed by atoms with van der Waals surface area (Å²) in [5, 5.41) is 3.17. The van der Waals surface area contributed by atoms with E-state index in [2.05, 4.69) is 16.4 Å². The summed E-state index contributed by atoms with van der Waals surface area (Å²) in [4.78, 5) is 28.6. The third-order valence-corrected chi connectivity index (χ3v) is 4.41. The van der Waals surface area contributed by atoms with Crippen LogP contribution in [-0.2, 0) is 16.0 Å². The molecule has 0 saturated carbocycles. The number of aromatic nitrogens is 1. The van der Waals surface area contributed by atoms with Crippen LogP contribution in [0.3, 0.4) is 0 Å². The Morgan fingerprint density at radius 1 is 1.26 bits per heavy atom. The van der Waals surface area contributed by atoms with Crippen molar-refractivity contribution in [2.75, 3.05) is 11.9 Å². The van der Waals surface area contributed by atoms with Crippen LogP contribution in [0.2, 0.25) is 0 Å². The van der Waals surface area contributed by atoms with Crippen molar-refractivity contribution in [1.29, 1.82) is 0 Å². The number of nitrogens with one attached hydrogen (secondary N) is 1. The molecule has 1 aromatic carbocycles. The average molecular weight is 332 g/mol. The second kappa shape index (κ2) is 7.37. The quantitative estimate of drug-likeness (QED) is 0.852. The largest absolute Gasteiger partial charge is 0.462 e. The number of carbonyl (C=O) groups is 2. The molecule has 0 fully saturated rings. The number of aryl methyl sites for hydroxylation is 3. The molecule has 1 amide bonds. The number of amides is 1. The Labute approximate surface area is 139 Å². The number of benzene rings is 1. The van der Waals surface area contributed by atoms with Crippen LogP contribution in [0.15, 0.2) is 18.2 Å². The Hall–Kier alpha value is -2.21. The van der Waals surface area contributed by atoms with E-state index in [1.54, 1.807) is 13.8 Å². The Morgan fingerprint density at radius 2 is 2.00 bits per heavy atom. The van der Waals surface area contributed by atoms with E-state index in [-0.39, 0.29) is 12.3 Å². The predicted molar refractivity (Wildman–Crippen MR) is 91.1 cm³/mol. The van der Waals surface area contributed by atoms with E-state index in [1.165, 1.54) is 5.56 Å². The summed E-state index contributed by atoms with van der Waals surface area (Å²) in [5.41, 5.74) is 3.80. The lowest BCUT2D eigenvalue weighted by molar-refractivity contribution is -0.115. The van der Waals surface area contributed by atoms with Gasteiger partial charge in [0.25, 0.3) is 0 Å². The van der Waals surface area contributed by atoms with E-state index in [9.17, 15) is 9.59 Å². The highest BCUT2D eigenvalue weighted by Crippen LogP contribution is 2.23. The first-order valence-corrected chi connectivity index (χ1v) is 8.23. The molecule has 0 unspecified atom stereocenters. The molecule has 0 aliphatic carbocycles.